The molecule has 6 nitrogen and oxygen atoms in total. The van der Waals surface area contributed by atoms with Crippen molar-refractivity contribution in [2.24, 2.45) is 0 Å². The van der Waals surface area contributed by atoms with Crippen LogP contribution in [0.1, 0.15) is 34.3 Å². The van der Waals surface area contributed by atoms with Gasteiger partial charge in [0.2, 0.25) is 5.91 Å². The molecule has 188 valence electrons. The Hall–Kier alpha value is -3.85. The van der Waals surface area contributed by atoms with E-state index in [-0.39, 0.29) is 32.0 Å². The van der Waals surface area contributed by atoms with E-state index in [1.54, 1.807) is 61.7 Å². The van der Waals surface area contributed by atoms with Crippen LogP contribution in [0.25, 0.3) is 0 Å². The van der Waals surface area contributed by atoms with E-state index in [1.165, 1.54) is 6.07 Å². The average molecular weight is 499 g/mol. The number of halogens is 3. The van der Waals surface area contributed by atoms with Crippen LogP contribution in [0.4, 0.5) is 24.5 Å². The lowest BCUT2D eigenvalue weighted by Gasteiger charge is -2.36. The minimum atomic E-state index is -4.51. The van der Waals surface area contributed by atoms with Crippen molar-refractivity contribution < 1.29 is 32.2 Å². The number of hydrogen-bond donors (Lipinski definition) is 2. The van der Waals surface area contributed by atoms with Crippen molar-refractivity contribution >= 4 is 23.2 Å². The Labute approximate surface area is 206 Å². The first-order valence-electron chi connectivity index (χ1n) is 11.3. The van der Waals surface area contributed by atoms with Gasteiger partial charge in [0.15, 0.2) is 0 Å². The Morgan fingerprint density at radius 3 is 2.11 bits per heavy atom. The standard InChI is InChI=1S/C27H25F3N2O4/c1-35-23-11-9-21(10-12-23)31-24(33)18-5-7-22(8-6-18)32-25(34)26(13-15-36-16-14-26)19-3-2-4-20(17-19)27(28,29)30/h2-12,17H,13-16H2,1H3,(H,31,33)(H,32,34). The molecule has 0 saturated carbocycles. The molecule has 1 saturated heterocycles. The van der Waals surface area contributed by atoms with Gasteiger partial charge in [-0.25, -0.2) is 0 Å². The molecule has 4 rings (SSSR count). The van der Waals surface area contributed by atoms with Gasteiger partial charge in [0.1, 0.15) is 5.75 Å². The van der Waals surface area contributed by atoms with Gasteiger partial charge in [-0.3, -0.25) is 9.59 Å². The molecule has 0 aliphatic carbocycles. The molecule has 2 N–H and O–H groups in total. The summed E-state index contributed by atoms with van der Waals surface area (Å²) in [6, 6.07) is 18.1. The van der Waals surface area contributed by atoms with Gasteiger partial charge in [0.25, 0.3) is 5.91 Å². The quantitative estimate of drug-likeness (QED) is 0.460. The van der Waals surface area contributed by atoms with E-state index < -0.39 is 23.1 Å². The topological polar surface area (TPSA) is 76.7 Å². The fourth-order valence-corrected chi connectivity index (χ4v) is 4.19. The summed E-state index contributed by atoms with van der Waals surface area (Å²) in [5.41, 5.74) is -0.259. The lowest BCUT2D eigenvalue weighted by Crippen LogP contribution is -2.45. The maximum absolute atomic E-state index is 13.4. The molecule has 1 heterocycles. The summed E-state index contributed by atoms with van der Waals surface area (Å²) in [5, 5.41) is 5.60. The number of anilines is 2. The Morgan fingerprint density at radius 1 is 0.889 bits per heavy atom. The molecule has 9 heteroatoms. The number of rotatable bonds is 6. The first-order chi connectivity index (χ1) is 17.2. The van der Waals surface area contributed by atoms with Crippen LogP contribution in [0.3, 0.4) is 0 Å². The molecule has 1 aliphatic rings. The number of benzene rings is 3. The molecular weight excluding hydrogens is 473 g/mol. The second-order valence-electron chi connectivity index (χ2n) is 8.49. The monoisotopic (exact) mass is 498 g/mol. The predicted octanol–water partition coefficient (Wildman–Crippen LogP) is 5.65. The van der Waals surface area contributed by atoms with Crippen molar-refractivity contribution in [1.82, 2.24) is 0 Å². The zero-order valence-corrected chi connectivity index (χ0v) is 19.5. The van der Waals surface area contributed by atoms with Gasteiger partial charge in [-0.2, -0.15) is 13.2 Å². The number of hydrogen-bond acceptors (Lipinski definition) is 4. The molecule has 36 heavy (non-hydrogen) atoms. The number of alkyl halides is 3. The molecule has 0 radical (unpaired) electrons. The SMILES string of the molecule is COc1ccc(NC(=O)c2ccc(NC(=O)C3(c4cccc(C(F)(F)F)c4)CCOCC3)cc2)cc1. The Morgan fingerprint density at radius 2 is 1.50 bits per heavy atom. The summed E-state index contributed by atoms with van der Waals surface area (Å²) in [6.45, 7) is 0.516. The average Bonchev–Trinajstić information content (AvgIpc) is 2.89. The lowest BCUT2D eigenvalue weighted by atomic mass is 9.73. The summed E-state index contributed by atoms with van der Waals surface area (Å²) in [6.07, 6.45) is -4.01. The first kappa shape index (κ1) is 25.2. The fraction of sp³-hybridized carbons (Fsp3) is 0.259. The van der Waals surface area contributed by atoms with Gasteiger partial charge >= 0.3 is 6.18 Å². The minimum Gasteiger partial charge on any atom is -0.497 e. The highest BCUT2D eigenvalue weighted by Crippen LogP contribution is 2.39. The summed E-state index contributed by atoms with van der Waals surface area (Å²) in [4.78, 5) is 26.0. The minimum absolute atomic E-state index is 0.252. The molecule has 0 bridgehead atoms. The molecule has 3 aromatic rings. The highest BCUT2D eigenvalue weighted by molar-refractivity contribution is 6.05. The van der Waals surface area contributed by atoms with Gasteiger partial charge in [0, 0.05) is 30.2 Å². The highest BCUT2D eigenvalue weighted by atomic mass is 19.4. The zero-order valence-electron chi connectivity index (χ0n) is 19.5. The van der Waals surface area contributed by atoms with Gasteiger partial charge in [-0.15, -0.1) is 0 Å². The molecule has 0 unspecified atom stereocenters. The third kappa shape index (κ3) is 5.52. The molecule has 0 spiro atoms. The first-order valence-corrected chi connectivity index (χ1v) is 11.3. The summed E-state index contributed by atoms with van der Waals surface area (Å²) < 4.78 is 50.5. The van der Waals surface area contributed by atoms with E-state index in [1.807, 2.05) is 0 Å². The van der Waals surface area contributed by atoms with Gasteiger partial charge in [-0.05, 0) is 73.0 Å². The normalized spacial score (nSPS) is 15.1. The largest absolute Gasteiger partial charge is 0.497 e. The Balaban J connectivity index is 1.50. The zero-order chi connectivity index (χ0) is 25.8. The van der Waals surface area contributed by atoms with Crippen molar-refractivity contribution in [3.63, 3.8) is 0 Å². The second-order valence-corrected chi connectivity index (χ2v) is 8.49. The van der Waals surface area contributed by atoms with Crippen LogP contribution in [-0.4, -0.2) is 32.1 Å². The number of amides is 2. The number of ether oxygens (including phenoxy) is 2. The molecule has 0 aromatic heterocycles. The van der Waals surface area contributed by atoms with Crippen molar-refractivity contribution in [1.29, 1.82) is 0 Å². The van der Waals surface area contributed by atoms with E-state index >= 15 is 0 Å². The third-order valence-corrected chi connectivity index (χ3v) is 6.28. The van der Waals surface area contributed by atoms with Crippen LogP contribution in [0.5, 0.6) is 5.75 Å². The van der Waals surface area contributed by atoms with E-state index in [4.69, 9.17) is 9.47 Å². The van der Waals surface area contributed by atoms with Gasteiger partial charge < -0.3 is 20.1 Å². The van der Waals surface area contributed by atoms with Crippen molar-refractivity contribution in [3.8, 4) is 5.75 Å². The molecule has 0 atom stereocenters. The van der Waals surface area contributed by atoms with Gasteiger partial charge in [-0.1, -0.05) is 18.2 Å². The van der Waals surface area contributed by atoms with E-state index in [0.717, 1.165) is 12.1 Å². The van der Waals surface area contributed by atoms with Gasteiger partial charge in [0.05, 0.1) is 18.1 Å². The van der Waals surface area contributed by atoms with Crippen LogP contribution < -0.4 is 15.4 Å². The highest BCUT2D eigenvalue weighted by Gasteiger charge is 2.43. The summed E-state index contributed by atoms with van der Waals surface area (Å²) in [7, 11) is 1.55. The smallest absolute Gasteiger partial charge is 0.416 e. The van der Waals surface area contributed by atoms with Crippen LogP contribution >= 0.6 is 0 Å². The Kier molecular flexibility index (Phi) is 7.30. The lowest BCUT2D eigenvalue weighted by molar-refractivity contribution is -0.138. The fourth-order valence-electron chi connectivity index (χ4n) is 4.19. The maximum atomic E-state index is 13.4. The number of nitrogens with one attached hydrogen (secondary N) is 2. The van der Waals surface area contributed by atoms with E-state index in [0.29, 0.717) is 28.3 Å². The molecule has 3 aromatic carbocycles. The van der Waals surface area contributed by atoms with Crippen molar-refractivity contribution in [3.05, 3.63) is 89.5 Å². The molecule has 1 aliphatic heterocycles. The van der Waals surface area contributed by atoms with E-state index in [9.17, 15) is 22.8 Å². The number of methoxy groups -OCH3 is 1. The van der Waals surface area contributed by atoms with Crippen LogP contribution in [0.2, 0.25) is 0 Å². The number of carbonyl (C=O) groups is 2. The summed E-state index contributed by atoms with van der Waals surface area (Å²) >= 11 is 0. The molecule has 1 fully saturated rings. The van der Waals surface area contributed by atoms with Crippen molar-refractivity contribution in [2.45, 2.75) is 24.4 Å². The van der Waals surface area contributed by atoms with E-state index in [2.05, 4.69) is 10.6 Å². The van der Waals surface area contributed by atoms with Crippen LogP contribution in [0, 0.1) is 0 Å². The van der Waals surface area contributed by atoms with Crippen LogP contribution in [0.15, 0.2) is 72.8 Å². The second kappa shape index (κ2) is 10.4. The maximum Gasteiger partial charge on any atom is 0.416 e. The van der Waals surface area contributed by atoms with Crippen LogP contribution in [-0.2, 0) is 21.1 Å². The molecular formula is C27H25F3N2O4. The Bertz CT molecular complexity index is 1220. The predicted molar refractivity (Wildman–Crippen MR) is 129 cm³/mol. The van der Waals surface area contributed by atoms with Crippen molar-refractivity contribution in [2.75, 3.05) is 31.0 Å². The summed E-state index contributed by atoms with van der Waals surface area (Å²) in [5.74, 6) is -0.0796. The third-order valence-electron chi connectivity index (χ3n) is 6.28. The molecule has 2 amide bonds. The number of carbonyl (C=O) groups excluding carboxylic acids is 2.